The minimum absolute atomic E-state index is 0.249. The van der Waals surface area contributed by atoms with Crippen molar-refractivity contribution < 1.29 is 14.9 Å². The summed E-state index contributed by atoms with van der Waals surface area (Å²) in [5.41, 5.74) is 1.58. The van der Waals surface area contributed by atoms with E-state index < -0.39 is 18.4 Å². The molecule has 3 rings (SSSR count). The molecule has 4 atom stereocenters. The van der Waals surface area contributed by atoms with Gasteiger partial charge in [0.25, 0.3) is 0 Å². The molecule has 1 aliphatic carbocycles. The van der Waals surface area contributed by atoms with Crippen molar-refractivity contribution in [3.63, 3.8) is 0 Å². The summed E-state index contributed by atoms with van der Waals surface area (Å²) in [4.78, 5) is 15.9. The van der Waals surface area contributed by atoms with Crippen molar-refractivity contribution in [2.45, 2.75) is 44.1 Å². The number of hydrogen-bond donors (Lipinski definition) is 2. The zero-order valence-electron chi connectivity index (χ0n) is 10.1. The Balaban J connectivity index is 1.92. The summed E-state index contributed by atoms with van der Waals surface area (Å²) >= 11 is 0. The first-order chi connectivity index (χ1) is 8.60. The summed E-state index contributed by atoms with van der Waals surface area (Å²) in [5.74, 6) is 0.416. The van der Waals surface area contributed by atoms with Crippen molar-refractivity contribution in [2.75, 3.05) is 6.61 Å². The fourth-order valence-corrected chi connectivity index (χ4v) is 2.62. The predicted octanol–water partition coefficient (Wildman–Crippen LogP) is -0.456. The van der Waals surface area contributed by atoms with E-state index in [1.165, 1.54) is 4.57 Å². The van der Waals surface area contributed by atoms with E-state index in [0.29, 0.717) is 12.3 Å². The van der Waals surface area contributed by atoms with Gasteiger partial charge in [-0.1, -0.05) is 6.92 Å². The average Bonchev–Trinajstić information content (AvgIpc) is 2.69. The minimum Gasteiger partial charge on any atom is -0.394 e. The van der Waals surface area contributed by atoms with Crippen LogP contribution < -0.4 is 5.69 Å². The normalized spacial score (nSPS) is 34.2. The molecule has 1 fully saturated rings. The maximum Gasteiger partial charge on any atom is 0.349 e. The lowest BCUT2D eigenvalue weighted by Crippen LogP contribution is -2.33. The second kappa shape index (κ2) is 4.15. The third kappa shape index (κ3) is 1.68. The molecule has 1 aromatic rings. The van der Waals surface area contributed by atoms with Crippen LogP contribution in [-0.4, -0.2) is 38.6 Å². The Morgan fingerprint density at radius 2 is 2.39 bits per heavy atom. The Morgan fingerprint density at radius 3 is 3.00 bits per heavy atom. The van der Waals surface area contributed by atoms with Gasteiger partial charge in [-0.2, -0.15) is 4.98 Å². The molecule has 2 heterocycles. The second-order valence-electron chi connectivity index (χ2n) is 5.05. The number of aromatic nitrogens is 2. The number of nitrogens with zero attached hydrogens (tertiary/aromatic N) is 2. The molecule has 6 heteroatoms. The summed E-state index contributed by atoms with van der Waals surface area (Å²) in [6.45, 7) is 1.83. The molecule has 0 radical (unpaired) electrons. The number of rotatable bonds is 2. The summed E-state index contributed by atoms with van der Waals surface area (Å²) in [6.07, 6.45) is 1.03. The molecule has 6 nitrogen and oxygen atoms in total. The molecule has 0 amide bonds. The van der Waals surface area contributed by atoms with E-state index in [1.807, 2.05) is 0 Å². The maximum absolute atomic E-state index is 11.8. The second-order valence-corrected chi connectivity index (χ2v) is 5.05. The van der Waals surface area contributed by atoms with Gasteiger partial charge >= 0.3 is 5.69 Å². The van der Waals surface area contributed by atoms with Crippen molar-refractivity contribution in [3.05, 3.63) is 27.9 Å². The fourth-order valence-electron chi connectivity index (χ4n) is 2.62. The summed E-state index contributed by atoms with van der Waals surface area (Å²) < 4.78 is 6.89. The Bertz CT molecular complexity index is 527. The molecule has 0 spiro atoms. The van der Waals surface area contributed by atoms with Gasteiger partial charge in [-0.25, -0.2) is 4.79 Å². The smallest absolute Gasteiger partial charge is 0.349 e. The SMILES string of the molecule is CC1Cc2nc(=O)n([C@H]3C[C@H](O)[C@@H](CO)O3)cc21. The van der Waals surface area contributed by atoms with Gasteiger partial charge < -0.3 is 14.9 Å². The Hall–Kier alpha value is -1.24. The quantitative estimate of drug-likeness (QED) is 0.744. The van der Waals surface area contributed by atoms with E-state index in [4.69, 9.17) is 9.84 Å². The van der Waals surface area contributed by atoms with Crippen LogP contribution in [0.3, 0.4) is 0 Å². The molecule has 1 saturated heterocycles. The molecule has 0 aromatic carbocycles. The third-order valence-corrected chi connectivity index (χ3v) is 3.79. The van der Waals surface area contributed by atoms with Gasteiger partial charge in [0, 0.05) is 12.6 Å². The van der Waals surface area contributed by atoms with Gasteiger partial charge in [-0.05, 0) is 17.9 Å². The van der Waals surface area contributed by atoms with Gasteiger partial charge in [0.2, 0.25) is 0 Å². The fraction of sp³-hybridized carbons (Fsp3) is 0.667. The molecule has 2 N–H and O–H groups in total. The molecule has 98 valence electrons. The summed E-state index contributed by atoms with van der Waals surface area (Å²) in [6, 6.07) is 0. The lowest BCUT2D eigenvalue weighted by molar-refractivity contribution is -0.0460. The number of hydrogen-bond acceptors (Lipinski definition) is 5. The summed E-state index contributed by atoms with van der Waals surface area (Å²) in [7, 11) is 0. The van der Waals surface area contributed by atoms with Crippen molar-refractivity contribution in [1.29, 1.82) is 0 Å². The van der Waals surface area contributed by atoms with Crippen LogP contribution in [0.5, 0.6) is 0 Å². The number of ether oxygens (including phenoxy) is 1. The largest absolute Gasteiger partial charge is 0.394 e. The van der Waals surface area contributed by atoms with E-state index in [-0.39, 0.29) is 12.3 Å². The highest BCUT2D eigenvalue weighted by Crippen LogP contribution is 2.34. The molecule has 0 bridgehead atoms. The first-order valence-corrected chi connectivity index (χ1v) is 6.16. The minimum atomic E-state index is -0.740. The number of aliphatic hydroxyl groups excluding tert-OH is 2. The first kappa shape index (κ1) is 11.8. The van der Waals surface area contributed by atoms with E-state index in [2.05, 4.69) is 11.9 Å². The molecular formula is C12H16N2O4. The highest BCUT2D eigenvalue weighted by atomic mass is 16.5. The Morgan fingerprint density at radius 1 is 1.61 bits per heavy atom. The maximum atomic E-state index is 11.8. The van der Waals surface area contributed by atoms with Crippen LogP contribution in [0.4, 0.5) is 0 Å². The number of fused-ring (bicyclic) bond motifs is 1. The summed E-state index contributed by atoms with van der Waals surface area (Å²) in [5, 5.41) is 18.7. The zero-order chi connectivity index (χ0) is 12.9. The Labute approximate surface area is 104 Å². The third-order valence-electron chi connectivity index (χ3n) is 3.79. The molecule has 1 aromatic heterocycles. The highest BCUT2D eigenvalue weighted by Gasteiger charge is 2.36. The average molecular weight is 252 g/mol. The first-order valence-electron chi connectivity index (χ1n) is 6.16. The van der Waals surface area contributed by atoms with Crippen LogP contribution in [-0.2, 0) is 11.2 Å². The molecule has 18 heavy (non-hydrogen) atoms. The number of aliphatic hydroxyl groups is 2. The molecular weight excluding hydrogens is 236 g/mol. The molecule has 1 aliphatic heterocycles. The van der Waals surface area contributed by atoms with Crippen LogP contribution in [0.15, 0.2) is 11.0 Å². The molecule has 1 unspecified atom stereocenters. The zero-order valence-corrected chi connectivity index (χ0v) is 10.1. The van der Waals surface area contributed by atoms with Crippen LogP contribution in [0.1, 0.15) is 36.7 Å². The predicted molar refractivity (Wildman–Crippen MR) is 62.2 cm³/mol. The van der Waals surface area contributed by atoms with Crippen molar-refractivity contribution in [2.24, 2.45) is 0 Å². The Kier molecular flexibility index (Phi) is 2.73. The molecule has 2 aliphatic rings. The van der Waals surface area contributed by atoms with E-state index in [1.54, 1.807) is 6.20 Å². The lowest BCUT2D eigenvalue weighted by atomic mass is 9.84. The van der Waals surface area contributed by atoms with Crippen LogP contribution in [0, 0.1) is 0 Å². The van der Waals surface area contributed by atoms with Gasteiger partial charge in [-0.3, -0.25) is 4.57 Å². The van der Waals surface area contributed by atoms with E-state index >= 15 is 0 Å². The van der Waals surface area contributed by atoms with Crippen LogP contribution in [0.2, 0.25) is 0 Å². The van der Waals surface area contributed by atoms with Gasteiger partial charge in [-0.15, -0.1) is 0 Å². The van der Waals surface area contributed by atoms with Crippen LogP contribution >= 0.6 is 0 Å². The van der Waals surface area contributed by atoms with Crippen molar-refractivity contribution in [3.8, 4) is 0 Å². The van der Waals surface area contributed by atoms with Crippen molar-refractivity contribution >= 4 is 0 Å². The van der Waals surface area contributed by atoms with Gasteiger partial charge in [0.15, 0.2) is 0 Å². The highest BCUT2D eigenvalue weighted by molar-refractivity contribution is 5.31. The van der Waals surface area contributed by atoms with Gasteiger partial charge in [0.1, 0.15) is 12.3 Å². The topological polar surface area (TPSA) is 84.6 Å². The van der Waals surface area contributed by atoms with E-state index in [0.717, 1.165) is 17.7 Å². The lowest BCUT2D eigenvalue weighted by Gasteiger charge is -2.27. The van der Waals surface area contributed by atoms with Gasteiger partial charge in [0.05, 0.1) is 18.4 Å². The molecule has 0 saturated carbocycles. The van der Waals surface area contributed by atoms with Crippen molar-refractivity contribution in [1.82, 2.24) is 9.55 Å². The monoisotopic (exact) mass is 252 g/mol. The van der Waals surface area contributed by atoms with Crippen LogP contribution in [0.25, 0.3) is 0 Å². The standard InChI is InChI=1S/C12H16N2O4/c1-6-2-8-7(6)4-14(12(17)13-8)11-3-9(16)10(5-15)18-11/h4,6,9-11,15-16H,2-3,5H2,1H3/t6?,9-,10+,11+/m0/s1. The van der Waals surface area contributed by atoms with E-state index in [9.17, 15) is 9.90 Å².